The molecule has 50 heavy (non-hydrogen) atoms. The van der Waals surface area contributed by atoms with Crippen molar-refractivity contribution in [2.45, 2.75) is 252 Å². The molecular formula is C45H89NO4. The highest BCUT2D eigenvalue weighted by Crippen LogP contribution is 2.18. The zero-order valence-corrected chi connectivity index (χ0v) is 34.5. The molecule has 0 spiro atoms. The molecule has 298 valence electrons. The van der Waals surface area contributed by atoms with Gasteiger partial charge in [0.1, 0.15) is 6.10 Å². The lowest BCUT2D eigenvalue weighted by atomic mass is 10.0. The van der Waals surface area contributed by atoms with Crippen LogP contribution in [0.15, 0.2) is 0 Å². The van der Waals surface area contributed by atoms with Crippen LogP contribution < -0.4 is 0 Å². The van der Waals surface area contributed by atoms with Gasteiger partial charge in [-0.1, -0.05) is 175 Å². The summed E-state index contributed by atoms with van der Waals surface area (Å²) in [6, 6.07) is 0. The van der Waals surface area contributed by atoms with E-state index in [0.29, 0.717) is 19.4 Å². The van der Waals surface area contributed by atoms with Crippen LogP contribution in [0.25, 0.3) is 0 Å². The molecule has 0 aliphatic rings. The first kappa shape index (κ1) is 48.9. The molecule has 0 amide bonds. The number of nitrogens with zero attached hydrogens (tertiary/aromatic N) is 1. The fourth-order valence-electron chi connectivity index (χ4n) is 7.00. The van der Waals surface area contributed by atoms with Gasteiger partial charge in [-0.3, -0.25) is 9.59 Å². The molecule has 0 aromatic carbocycles. The van der Waals surface area contributed by atoms with E-state index >= 15 is 0 Å². The van der Waals surface area contributed by atoms with Crippen molar-refractivity contribution in [1.82, 2.24) is 4.90 Å². The fraction of sp³-hybridized carbons (Fsp3) is 0.956. The molecule has 0 N–H and O–H groups in total. The zero-order chi connectivity index (χ0) is 36.6. The number of hydrogen-bond acceptors (Lipinski definition) is 5. The first-order valence-corrected chi connectivity index (χ1v) is 22.6. The molecule has 5 nitrogen and oxygen atoms in total. The van der Waals surface area contributed by atoms with Gasteiger partial charge in [-0.2, -0.15) is 0 Å². The van der Waals surface area contributed by atoms with Crippen LogP contribution in [0.4, 0.5) is 0 Å². The highest BCUT2D eigenvalue weighted by atomic mass is 16.5. The quantitative estimate of drug-likeness (QED) is 0.0468. The minimum Gasteiger partial charge on any atom is -0.466 e. The summed E-state index contributed by atoms with van der Waals surface area (Å²) >= 11 is 0. The lowest BCUT2D eigenvalue weighted by molar-refractivity contribution is -0.150. The van der Waals surface area contributed by atoms with E-state index < -0.39 is 0 Å². The first-order chi connectivity index (χ1) is 24.6. The van der Waals surface area contributed by atoms with E-state index in [9.17, 15) is 9.59 Å². The van der Waals surface area contributed by atoms with Crippen molar-refractivity contribution < 1.29 is 19.1 Å². The van der Waals surface area contributed by atoms with Gasteiger partial charge in [0.25, 0.3) is 0 Å². The van der Waals surface area contributed by atoms with E-state index in [-0.39, 0.29) is 18.0 Å². The van der Waals surface area contributed by atoms with Crippen molar-refractivity contribution in [3.05, 3.63) is 0 Å². The fourth-order valence-corrected chi connectivity index (χ4v) is 7.00. The lowest BCUT2D eigenvalue weighted by Gasteiger charge is -2.20. The molecule has 0 aromatic rings. The summed E-state index contributed by atoms with van der Waals surface area (Å²) in [5.41, 5.74) is 0. The molecule has 1 atom stereocenters. The second-order valence-electron chi connectivity index (χ2n) is 15.4. The Morgan fingerprint density at radius 2 is 0.780 bits per heavy atom. The molecule has 0 heterocycles. The number of unbranched alkanes of at least 4 members (excludes halogenated alkanes) is 25. The summed E-state index contributed by atoms with van der Waals surface area (Å²) in [6.07, 6.45) is 40.8. The third-order valence-electron chi connectivity index (χ3n) is 10.5. The Balaban J connectivity index is 3.79. The summed E-state index contributed by atoms with van der Waals surface area (Å²) in [7, 11) is 0. The molecular weight excluding hydrogens is 618 g/mol. The summed E-state index contributed by atoms with van der Waals surface area (Å²) in [4.78, 5) is 27.3. The van der Waals surface area contributed by atoms with Gasteiger partial charge in [-0.15, -0.1) is 0 Å². The molecule has 5 heteroatoms. The smallest absolute Gasteiger partial charge is 0.306 e. The van der Waals surface area contributed by atoms with Crippen molar-refractivity contribution >= 4 is 11.9 Å². The van der Waals surface area contributed by atoms with Crippen LogP contribution in [0.2, 0.25) is 0 Å². The average Bonchev–Trinajstić information content (AvgIpc) is 3.11. The normalized spacial score (nSPS) is 12.1. The standard InChI is InChI=1S/C45H89NO4/c1-5-9-12-15-17-18-19-28-35-42-49-44(47)38-31-24-20-26-33-40-46(8-4)41-34-27-21-25-32-39-45(48)50-43(36-29-22-14-11-7-3)37-30-23-16-13-10-6-2/h43H,5-42H2,1-4H3. The zero-order valence-electron chi connectivity index (χ0n) is 34.5. The van der Waals surface area contributed by atoms with E-state index in [2.05, 4.69) is 32.6 Å². The van der Waals surface area contributed by atoms with Gasteiger partial charge in [-0.05, 0) is 77.4 Å². The number of carbonyl (C=O) groups is 2. The van der Waals surface area contributed by atoms with E-state index in [4.69, 9.17) is 9.47 Å². The number of carbonyl (C=O) groups excluding carboxylic acids is 2. The summed E-state index contributed by atoms with van der Waals surface area (Å²) in [6.45, 7) is 13.2. The maximum Gasteiger partial charge on any atom is 0.306 e. The van der Waals surface area contributed by atoms with Gasteiger partial charge in [0.2, 0.25) is 0 Å². The van der Waals surface area contributed by atoms with Crippen LogP contribution in [-0.2, 0) is 19.1 Å². The molecule has 0 fully saturated rings. The lowest BCUT2D eigenvalue weighted by Crippen LogP contribution is -2.25. The molecule has 1 unspecified atom stereocenters. The van der Waals surface area contributed by atoms with Crippen LogP contribution in [0.3, 0.4) is 0 Å². The van der Waals surface area contributed by atoms with Crippen LogP contribution in [-0.4, -0.2) is 49.2 Å². The van der Waals surface area contributed by atoms with Gasteiger partial charge in [0.05, 0.1) is 6.61 Å². The minimum atomic E-state index is -0.00223. The molecule has 0 rings (SSSR count). The van der Waals surface area contributed by atoms with Gasteiger partial charge in [-0.25, -0.2) is 0 Å². The minimum absolute atomic E-state index is 0.00223. The molecule has 0 saturated carbocycles. The van der Waals surface area contributed by atoms with E-state index in [1.54, 1.807) is 0 Å². The summed E-state index contributed by atoms with van der Waals surface area (Å²) in [5, 5.41) is 0. The molecule has 0 saturated heterocycles. The topological polar surface area (TPSA) is 55.8 Å². The monoisotopic (exact) mass is 708 g/mol. The van der Waals surface area contributed by atoms with E-state index in [1.807, 2.05) is 0 Å². The Morgan fingerprint density at radius 3 is 1.22 bits per heavy atom. The number of hydrogen-bond donors (Lipinski definition) is 0. The van der Waals surface area contributed by atoms with Crippen molar-refractivity contribution in [3.63, 3.8) is 0 Å². The second kappa shape index (κ2) is 40.7. The Morgan fingerprint density at radius 1 is 0.420 bits per heavy atom. The maximum absolute atomic E-state index is 12.6. The van der Waals surface area contributed by atoms with Crippen molar-refractivity contribution in [1.29, 1.82) is 0 Å². The molecule has 0 aromatic heterocycles. The van der Waals surface area contributed by atoms with Crippen LogP contribution in [0.5, 0.6) is 0 Å². The largest absolute Gasteiger partial charge is 0.466 e. The Labute approximate surface area is 313 Å². The predicted molar refractivity (Wildman–Crippen MR) is 217 cm³/mol. The van der Waals surface area contributed by atoms with Crippen LogP contribution >= 0.6 is 0 Å². The third kappa shape index (κ3) is 36.7. The van der Waals surface area contributed by atoms with Crippen molar-refractivity contribution in [2.75, 3.05) is 26.2 Å². The van der Waals surface area contributed by atoms with Gasteiger partial charge >= 0.3 is 11.9 Å². The predicted octanol–water partition coefficient (Wildman–Crippen LogP) is 14.1. The van der Waals surface area contributed by atoms with Gasteiger partial charge < -0.3 is 14.4 Å². The third-order valence-corrected chi connectivity index (χ3v) is 10.5. The van der Waals surface area contributed by atoms with Crippen LogP contribution in [0, 0.1) is 0 Å². The summed E-state index contributed by atoms with van der Waals surface area (Å²) in [5.74, 6) is 0.0357. The molecule has 0 radical (unpaired) electrons. The van der Waals surface area contributed by atoms with Crippen LogP contribution in [0.1, 0.15) is 246 Å². The van der Waals surface area contributed by atoms with E-state index in [1.165, 1.54) is 174 Å². The highest BCUT2D eigenvalue weighted by molar-refractivity contribution is 5.69. The van der Waals surface area contributed by atoms with Gasteiger partial charge in [0, 0.05) is 12.8 Å². The highest BCUT2D eigenvalue weighted by Gasteiger charge is 2.14. The second-order valence-corrected chi connectivity index (χ2v) is 15.4. The first-order valence-electron chi connectivity index (χ1n) is 22.6. The Kier molecular flexibility index (Phi) is 39.8. The van der Waals surface area contributed by atoms with E-state index in [0.717, 1.165) is 51.5 Å². The Hall–Kier alpha value is -1.10. The molecule has 0 aliphatic heterocycles. The number of esters is 2. The number of rotatable bonds is 41. The van der Waals surface area contributed by atoms with Gasteiger partial charge in [0.15, 0.2) is 0 Å². The van der Waals surface area contributed by atoms with Crippen molar-refractivity contribution in [2.24, 2.45) is 0 Å². The molecule has 0 aliphatic carbocycles. The maximum atomic E-state index is 12.6. The SMILES string of the molecule is CCCCCCCCCCCOC(=O)CCCCCCCN(CC)CCCCCCCC(=O)OC(CCCCCCC)CCCCCCCC. The average molecular weight is 708 g/mol. The molecule has 0 bridgehead atoms. The Bertz CT molecular complexity index is 699. The number of ether oxygens (including phenoxy) is 2. The summed E-state index contributed by atoms with van der Waals surface area (Å²) < 4.78 is 11.5. The van der Waals surface area contributed by atoms with Crippen molar-refractivity contribution in [3.8, 4) is 0 Å².